The molecular formula is C33H30N4P+. The Morgan fingerprint density at radius 2 is 1.00 bits per heavy atom. The van der Waals surface area contributed by atoms with Gasteiger partial charge in [-0.15, -0.1) is 0 Å². The quantitative estimate of drug-likeness (QED) is 0.126. The number of para-hydroxylation sites is 4. The fraction of sp³-hybridized carbons (Fsp3) is 0. The summed E-state index contributed by atoms with van der Waals surface area (Å²) in [6, 6.07) is 47.5. The summed E-state index contributed by atoms with van der Waals surface area (Å²) in [6.45, 7) is 0. The topological polar surface area (TPSA) is 76.4 Å². The standard InChI is InChI=1S/C33H30N4P/c34-30-20-10-12-22-32(30)36-24-29(25-37-33-23-13-11-21-31(33)35)38(26-14-4-1-5-15-26,27-16-6-2-7-17-27)28-18-8-3-9-19-28/h1-25,36H,34-35H2/q+1. The van der Waals surface area contributed by atoms with Crippen LogP contribution in [0.2, 0.25) is 0 Å². The van der Waals surface area contributed by atoms with Crippen molar-refractivity contribution >= 4 is 52.1 Å². The predicted molar refractivity (Wildman–Crippen MR) is 167 cm³/mol. The van der Waals surface area contributed by atoms with Crippen LogP contribution in [0.5, 0.6) is 0 Å². The second-order valence-electron chi connectivity index (χ2n) is 8.80. The van der Waals surface area contributed by atoms with Crippen molar-refractivity contribution in [3.8, 4) is 0 Å². The average molecular weight is 514 g/mol. The molecule has 4 nitrogen and oxygen atoms in total. The molecule has 0 radical (unpaired) electrons. The van der Waals surface area contributed by atoms with Gasteiger partial charge in [0.2, 0.25) is 0 Å². The number of benzene rings is 5. The highest BCUT2D eigenvalue weighted by Crippen LogP contribution is 2.61. The van der Waals surface area contributed by atoms with Gasteiger partial charge in [-0.3, -0.25) is 4.99 Å². The second-order valence-corrected chi connectivity index (χ2v) is 12.2. The molecule has 0 aliphatic carbocycles. The van der Waals surface area contributed by atoms with Crippen LogP contribution in [0.15, 0.2) is 156 Å². The van der Waals surface area contributed by atoms with E-state index in [1.807, 2.05) is 54.7 Å². The molecule has 0 atom stereocenters. The molecule has 0 aliphatic rings. The number of aliphatic imine (C=N–C) groups is 1. The smallest absolute Gasteiger partial charge is 0.147 e. The molecule has 5 aromatic rings. The van der Waals surface area contributed by atoms with Gasteiger partial charge in [0, 0.05) is 6.20 Å². The van der Waals surface area contributed by atoms with E-state index in [2.05, 4.69) is 103 Å². The van der Waals surface area contributed by atoms with Crippen LogP contribution in [-0.4, -0.2) is 6.21 Å². The van der Waals surface area contributed by atoms with Gasteiger partial charge in [-0.05, 0) is 60.7 Å². The van der Waals surface area contributed by atoms with Crippen LogP contribution in [0, 0.1) is 0 Å². The summed E-state index contributed by atoms with van der Waals surface area (Å²) < 4.78 is 0. The minimum absolute atomic E-state index is 0.631. The van der Waals surface area contributed by atoms with E-state index in [9.17, 15) is 0 Å². The lowest BCUT2D eigenvalue weighted by atomic mass is 10.3. The molecule has 0 amide bonds. The maximum Gasteiger partial charge on any atom is 0.147 e. The first kappa shape index (κ1) is 25.0. The van der Waals surface area contributed by atoms with Crippen molar-refractivity contribution < 1.29 is 0 Å². The number of anilines is 3. The van der Waals surface area contributed by atoms with Crippen LogP contribution in [0.3, 0.4) is 0 Å². The zero-order valence-electron chi connectivity index (χ0n) is 21.0. The van der Waals surface area contributed by atoms with Crippen LogP contribution >= 0.6 is 7.26 Å². The van der Waals surface area contributed by atoms with E-state index in [0.29, 0.717) is 11.4 Å². The molecule has 0 unspecified atom stereocenters. The van der Waals surface area contributed by atoms with Gasteiger partial charge in [-0.25, -0.2) is 0 Å². The lowest BCUT2D eigenvalue weighted by molar-refractivity contribution is 1.52. The first-order valence-electron chi connectivity index (χ1n) is 12.5. The number of rotatable bonds is 8. The third-order valence-electron chi connectivity index (χ3n) is 6.43. The predicted octanol–water partition coefficient (Wildman–Crippen LogP) is 6.50. The molecule has 0 saturated carbocycles. The van der Waals surface area contributed by atoms with Crippen LogP contribution in [-0.2, 0) is 0 Å². The van der Waals surface area contributed by atoms with E-state index in [-0.39, 0.29) is 0 Å². The summed E-state index contributed by atoms with van der Waals surface area (Å²) in [7, 11) is -2.40. The van der Waals surface area contributed by atoms with E-state index in [1.54, 1.807) is 0 Å². The van der Waals surface area contributed by atoms with Gasteiger partial charge >= 0.3 is 0 Å². The summed E-state index contributed by atoms with van der Waals surface area (Å²) in [5.74, 6) is 0. The van der Waals surface area contributed by atoms with Crippen LogP contribution in [0.1, 0.15) is 0 Å². The molecule has 0 fully saturated rings. The van der Waals surface area contributed by atoms with Crippen molar-refractivity contribution in [1.29, 1.82) is 0 Å². The Labute approximate surface area is 224 Å². The highest BCUT2D eigenvalue weighted by Gasteiger charge is 2.49. The van der Waals surface area contributed by atoms with Gasteiger partial charge < -0.3 is 16.8 Å². The minimum Gasteiger partial charge on any atom is -0.397 e. The van der Waals surface area contributed by atoms with Crippen molar-refractivity contribution in [2.75, 3.05) is 16.8 Å². The Bertz CT molecular complexity index is 1450. The number of nitrogens with zero attached hydrogens (tertiary/aromatic N) is 1. The Morgan fingerprint density at radius 3 is 1.50 bits per heavy atom. The first-order valence-corrected chi connectivity index (χ1v) is 14.2. The average Bonchev–Trinajstić information content (AvgIpc) is 2.98. The molecule has 0 saturated heterocycles. The largest absolute Gasteiger partial charge is 0.397 e. The summed E-state index contributed by atoms with van der Waals surface area (Å²) in [4.78, 5) is 4.92. The van der Waals surface area contributed by atoms with Gasteiger partial charge in [0.1, 0.15) is 28.5 Å². The Morgan fingerprint density at radius 1 is 0.553 bits per heavy atom. The maximum atomic E-state index is 6.30. The molecule has 0 heterocycles. The third-order valence-corrected chi connectivity index (χ3v) is 10.7. The van der Waals surface area contributed by atoms with Gasteiger partial charge in [-0.1, -0.05) is 78.9 Å². The summed E-state index contributed by atoms with van der Waals surface area (Å²) >= 11 is 0. The zero-order chi connectivity index (χ0) is 26.2. The van der Waals surface area contributed by atoms with Gasteiger partial charge in [0.15, 0.2) is 0 Å². The van der Waals surface area contributed by atoms with E-state index < -0.39 is 7.26 Å². The molecule has 5 rings (SSSR count). The number of nitrogens with two attached hydrogens (primary N) is 2. The monoisotopic (exact) mass is 513 g/mol. The number of hydrogen-bond donors (Lipinski definition) is 3. The molecule has 0 spiro atoms. The molecular weight excluding hydrogens is 483 g/mol. The van der Waals surface area contributed by atoms with Crippen LogP contribution < -0.4 is 32.7 Å². The molecule has 5 aromatic carbocycles. The zero-order valence-corrected chi connectivity index (χ0v) is 21.9. The lowest BCUT2D eigenvalue weighted by Crippen LogP contribution is -2.33. The van der Waals surface area contributed by atoms with Crippen molar-refractivity contribution in [3.05, 3.63) is 151 Å². The normalized spacial score (nSPS) is 11.9. The Balaban J connectivity index is 1.81. The second kappa shape index (κ2) is 11.6. The maximum absolute atomic E-state index is 6.30. The van der Waals surface area contributed by atoms with Crippen LogP contribution in [0.25, 0.3) is 0 Å². The van der Waals surface area contributed by atoms with Crippen molar-refractivity contribution in [1.82, 2.24) is 0 Å². The molecule has 38 heavy (non-hydrogen) atoms. The lowest BCUT2D eigenvalue weighted by Gasteiger charge is -2.28. The molecule has 0 aliphatic heterocycles. The van der Waals surface area contributed by atoms with E-state index in [4.69, 9.17) is 16.5 Å². The van der Waals surface area contributed by atoms with Crippen molar-refractivity contribution in [3.63, 3.8) is 0 Å². The Hall–Kier alpha value is -4.66. The van der Waals surface area contributed by atoms with Crippen molar-refractivity contribution in [2.45, 2.75) is 0 Å². The molecule has 0 aromatic heterocycles. The van der Waals surface area contributed by atoms with E-state index in [0.717, 1.165) is 16.7 Å². The van der Waals surface area contributed by atoms with E-state index in [1.165, 1.54) is 15.9 Å². The molecule has 0 bridgehead atoms. The minimum atomic E-state index is -2.40. The van der Waals surface area contributed by atoms with Gasteiger partial charge in [0.25, 0.3) is 0 Å². The third kappa shape index (κ3) is 5.08. The highest BCUT2D eigenvalue weighted by atomic mass is 31.2. The number of hydrogen-bond acceptors (Lipinski definition) is 4. The Kier molecular flexibility index (Phi) is 7.63. The van der Waals surface area contributed by atoms with Crippen LogP contribution in [0.4, 0.5) is 22.7 Å². The highest BCUT2D eigenvalue weighted by molar-refractivity contribution is 7.99. The van der Waals surface area contributed by atoms with Crippen molar-refractivity contribution in [2.24, 2.45) is 4.99 Å². The number of nitrogen functional groups attached to an aromatic ring is 2. The summed E-state index contributed by atoms with van der Waals surface area (Å²) in [5.41, 5.74) is 15.5. The van der Waals surface area contributed by atoms with E-state index >= 15 is 0 Å². The fourth-order valence-electron chi connectivity index (χ4n) is 4.59. The first-order chi connectivity index (χ1) is 18.7. The van der Waals surface area contributed by atoms with Gasteiger partial charge in [-0.2, -0.15) is 0 Å². The fourth-order valence-corrected chi connectivity index (χ4v) is 8.73. The summed E-state index contributed by atoms with van der Waals surface area (Å²) in [5, 5.41) is 8.20. The molecule has 5 N–H and O–H groups in total. The number of allylic oxidation sites excluding steroid dienone is 1. The molecule has 5 heteroatoms. The molecule has 186 valence electrons. The number of nitrogens with one attached hydrogen (secondary N) is 1. The van der Waals surface area contributed by atoms with Gasteiger partial charge in [0.05, 0.1) is 29.0 Å². The summed E-state index contributed by atoms with van der Waals surface area (Å²) in [6.07, 6.45) is 4.01. The SMILES string of the molecule is Nc1ccccc1N=CC(=CNc1ccccc1N)[P+](c1ccccc1)(c1ccccc1)c1ccccc1.